The van der Waals surface area contributed by atoms with Crippen LogP contribution in [-0.4, -0.2) is 24.3 Å². The van der Waals surface area contributed by atoms with Gasteiger partial charge in [-0.3, -0.25) is 4.79 Å². The fourth-order valence-electron chi connectivity index (χ4n) is 3.14. The van der Waals surface area contributed by atoms with E-state index in [2.05, 4.69) is 24.9 Å². The molecule has 1 saturated carbocycles. The van der Waals surface area contributed by atoms with E-state index in [9.17, 15) is 4.79 Å². The van der Waals surface area contributed by atoms with Gasteiger partial charge < -0.3 is 4.90 Å². The first-order valence-corrected chi connectivity index (χ1v) is 7.92. The zero-order valence-electron chi connectivity index (χ0n) is 12.4. The van der Waals surface area contributed by atoms with Crippen LogP contribution in [0.5, 0.6) is 0 Å². The van der Waals surface area contributed by atoms with E-state index < -0.39 is 0 Å². The topological polar surface area (TPSA) is 20.3 Å². The highest BCUT2D eigenvalue weighted by atomic mass is 35.5. The fraction of sp³-hybridized carbons (Fsp3) is 0.588. The Hall–Kier alpha value is -0.860. The third kappa shape index (κ3) is 4.32. The number of benzene rings is 1. The van der Waals surface area contributed by atoms with Crippen molar-refractivity contribution >= 4 is 17.4 Å². The van der Waals surface area contributed by atoms with E-state index in [0.717, 1.165) is 43.3 Å². The average molecular weight is 294 g/mol. The van der Waals surface area contributed by atoms with Crippen molar-refractivity contribution in [3.8, 4) is 0 Å². The molecule has 0 radical (unpaired) electrons. The third-order valence-corrected chi connectivity index (χ3v) is 4.56. The average Bonchev–Trinajstić information content (AvgIpc) is 2.41. The number of hydrogen-bond donors (Lipinski definition) is 0. The Morgan fingerprint density at radius 2 is 2.20 bits per heavy atom. The number of ketones is 1. The summed E-state index contributed by atoms with van der Waals surface area (Å²) in [6.07, 6.45) is 4.12. The quantitative estimate of drug-likeness (QED) is 0.812. The van der Waals surface area contributed by atoms with Crippen molar-refractivity contribution in [3.05, 3.63) is 34.9 Å². The van der Waals surface area contributed by atoms with E-state index in [1.807, 2.05) is 18.2 Å². The Balaban J connectivity index is 1.90. The zero-order valence-corrected chi connectivity index (χ0v) is 13.2. The van der Waals surface area contributed by atoms with Gasteiger partial charge in [-0.2, -0.15) is 0 Å². The van der Waals surface area contributed by atoms with Crippen molar-refractivity contribution in [3.63, 3.8) is 0 Å². The van der Waals surface area contributed by atoms with Gasteiger partial charge in [-0.1, -0.05) is 37.1 Å². The van der Waals surface area contributed by atoms with Crippen molar-refractivity contribution < 1.29 is 4.79 Å². The number of nitrogens with zero attached hydrogens (tertiary/aromatic N) is 1. The Bertz CT molecular complexity index is 460. The van der Waals surface area contributed by atoms with Crippen LogP contribution in [0.2, 0.25) is 5.02 Å². The summed E-state index contributed by atoms with van der Waals surface area (Å²) < 4.78 is 0. The van der Waals surface area contributed by atoms with Crippen LogP contribution in [0.3, 0.4) is 0 Å². The minimum Gasteiger partial charge on any atom is -0.301 e. The first-order valence-electron chi connectivity index (χ1n) is 7.54. The minimum absolute atomic E-state index is 0.220. The summed E-state index contributed by atoms with van der Waals surface area (Å²) in [5.74, 6) is 1.41. The van der Waals surface area contributed by atoms with Crippen LogP contribution in [0.4, 0.5) is 0 Å². The molecule has 0 bridgehead atoms. The van der Waals surface area contributed by atoms with Crippen molar-refractivity contribution in [1.29, 1.82) is 0 Å². The molecule has 20 heavy (non-hydrogen) atoms. The normalized spacial score (nSPS) is 23.3. The molecule has 1 fully saturated rings. The number of carbonyl (C=O) groups is 1. The summed E-state index contributed by atoms with van der Waals surface area (Å²) >= 11 is 6.01. The van der Waals surface area contributed by atoms with Gasteiger partial charge in [0.05, 0.1) is 0 Å². The molecule has 110 valence electrons. The highest BCUT2D eigenvalue weighted by Gasteiger charge is 2.28. The van der Waals surface area contributed by atoms with Gasteiger partial charge in [0.2, 0.25) is 0 Å². The maximum Gasteiger partial charge on any atom is 0.137 e. The van der Waals surface area contributed by atoms with Crippen molar-refractivity contribution in [2.24, 2.45) is 11.8 Å². The summed E-state index contributed by atoms with van der Waals surface area (Å²) in [5.41, 5.74) is 1.20. The number of Topliss-reactive ketones (excluding diaryl/α,β-unsaturated/α-hetero) is 1. The molecule has 1 aromatic carbocycles. The SMILES string of the molecule is CCC1CCC(=O)C(CN(C)Cc2cccc(Cl)c2)C1. The minimum atomic E-state index is 0.220. The molecule has 3 heteroatoms. The van der Waals surface area contributed by atoms with Gasteiger partial charge in [0.1, 0.15) is 5.78 Å². The molecule has 0 saturated heterocycles. The Labute approximate surface area is 127 Å². The van der Waals surface area contributed by atoms with Crippen LogP contribution < -0.4 is 0 Å². The number of hydrogen-bond acceptors (Lipinski definition) is 2. The zero-order chi connectivity index (χ0) is 14.5. The van der Waals surface area contributed by atoms with Crippen molar-refractivity contribution in [2.45, 2.75) is 39.2 Å². The fourth-order valence-corrected chi connectivity index (χ4v) is 3.35. The number of rotatable bonds is 5. The first kappa shape index (κ1) is 15.5. The maximum absolute atomic E-state index is 12.1. The van der Waals surface area contributed by atoms with E-state index in [0.29, 0.717) is 5.78 Å². The van der Waals surface area contributed by atoms with Gasteiger partial charge in [-0.25, -0.2) is 0 Å². The lowest BCUT2D eigenvalue weighted by Gasteiger charge is -2.30. The van der Waals surface area contributed by atoms with E-state index in [1.54, 1.807) is 0 Å². The second-order valence-corrected chi connectivity index (χ2v) is 6.47. The summed E-state index contributed by atoms with van der Waals surface area (Å²) in [7, 11) is 2.09. The molecule has 1 aromatic rings. The lowest BCUT2D eigenvalue weighted by atomic mass is 9.79. The molecule has 1 aliphatic rings. The summed E-state index contributed by atoms with van der Waals surface area (Å²) in [4.78, 5) is 14.3. The standard InChI is InChI=1S/C17H24ClNO/c1-3-13-7-8-17(20)15(9-13)12-19(2)11-14-5-4-6-16(18)10-14/h4-6,10,13,15H,3,7-9,11-12H2,1-2H3. The van der Waals surface area contributed by atoms with Crippen molar-refractivity contribution in [2.75, 3.05) is 13.6 Å². The largest absolute Gasteiger partial charge is 0.301 e. The number of halogens is 1. The van der Waals surface area contributed by atoms with Crippen molar-refractivity contribution in [1.82, 2.24) is 4.90 Å². The van der Waals surface area contributed by atoms with Gasteiger partial charge in [-0.05, 0) is 43.5 Å². The molecule has 2 atom stereocenters. The van der Waals surface area contributed by atoms with Gasteiger partial charge in [0, 0.05) is 30.5 Å². The lowest BCUT2D eigenvalue weighted by molar-refractivity contribution is -0.126. The van der Waals surface area contributed by atoms with E-state index in [-0.39, 0.29) is 5.92 Å². The Morgan fingerprint density at radius 3 is 2.90 bits per heavy atom. The third-order valence-electron chi connectivity index (χ3n) is 4.32. The van der Waals surface area contributed by atoms with E-state index in [4.69, 9.17) is 11.6 Å². The Kier molecular flexibility index (Phi) is 5.62. The predicted molar refractivity (Wildman–Crippen MR) is 83.9 cm³/mol. The van der Waals surface area contributed by atoms with Crippen LogP contribution in [0.15, 0.2) is 24.3 Å². The van der Waals surface area contributed by atoms with Gasteiger partial charge >= 0.3 is 0 Å². The van der Waals surface area contributed by atoms with Crippen LogP contribution in [0.1, 0.15) is 38.2 Å². The second kappa shape index (κ2) is 7.24. The Morgan fingerprint density at radius 1 is 1.40 bits per heavy atom. The molecule has 0 heterocycles. The molecule has 2 rings (SSSR count). The second-order valence-electron chi connectivity index (χ2n) is 6.04. The molecule has 2 nitrogen and oxygen atoms in total. The summed E-state index contributed by atoms with van der Waals surface area (Å²) in [5, 5.41) is 0.774. The molecule has 0 aliphatic heterocycles. The highest BCUT2D eigenvalue weighted by molar-refractivity contribution is 6.30. The van der Waals surface area contributed by atoms with Crippen LogP contribution in [0, 0.1) is 11.8 Å². The molecule has 0 N–H and O–H groups in total. The molecular formula is C17H24ClNO. The molecule has 0 spiro atoms. The van der Waals surface area contributed by atoms with Crippen LogP contribution >= 0.6 is 11.6 Å². The van der Waals surface area contributed by atoms with Crippen LogP contribution in [0.25, 0.3) is 0 Å². The molecule has 2 unspecified atom stereocenters. The van der Waals surface area contributed by atoms with E-state index >= 15 is 0 Å². The lowest BCUT2D eigenvalue weighted by Crippen LogP contribution is -2.34. The van der Waals surface area contributed by atoms with Gasteiger partial charge in [-0.15, -0.1) is 0 Å². The maximum atomic E-state index is 12.1. The van der Waals surface area contributed by atoms with E-state index in [1.165, 1.54) is 12.0 Å². The molecule has 0 amide bonds. The molecular weight excluding hydrogens is 270 g/mol. The molecule has 0 aromatic heterocycles. The number of carbonyl (C=O) groups excluding carboxylic acids is 1. The first-order chi connectivity index (χ1) is 9.58. The molecule has 1 aliphatic carbocycles. The van der Waals surface area contributed by atoms with Gasteiger partial charge in [0.15, 0.2) is 0 Å². The van der Waals surface area contributed by atoms with Crippen LogP contribution in [-0.2, 0) is 11.3 Å². The smallest absolute Gasteiger partial charge is 0.137 e. The summed E-state index contributed by atoms with van der Waals surface area (Å²) in [6, 6.07) is 7.95. The highest BCUT2D eigenvalue weighted by Crippen LogP contribution is 2.29. The monoisotopic (exact) mass is 293 g/mol. The summed E-state index contributed by atoms with van der Waals surface area (Å²) in [6.45, 7) is 3.94. The van der Waals surface area contributed by atoms with Gasteiger partial charge in [0.25, 0.3) is 0 Å². The predicted octanol–water partition coefficient (Wildman–Crippen LogP) is 4.17.